The predicted molar refractivity (Wildman–Crippen MR) is 87.6 cm³/mol. The van der Waals surface area contributed by atoms with E-state index in [1.54, 1.807) is 29.2 Å². The molecule has 0 saturated carbocycles. The highest BCUT2D eigenvalue weighted by molar-refractivity contribution is 6.11. The summed E-state index contributed by atoms with van der Waals surface area (Å²) >= 11 is 0. The second-order valence-electron chi connectivity index (χ2n) is 5.64. The Hall–Kier alpha value is -2.93. The Morgan fingerprint density at radius 3 is 2.74 bits per heavy atom. The SMILES string of the molecule is Cc1cc(C(=O)N2CCCC(=O)c3ccccc32)ccc1C#N. The van der Waals surface area contributed by atoms with E-state index in [9.17, 15) is 9.59 Å². The minimum atomic E-state index is -0.139. The Kier molecular flexibility index (Phi) is 3.94. The van der Waals surface area contributed by atoms with Gasteiger partial charge in [-0.05, 0) is 49.2 Å². The van der Waals surface area contributed by atoms with Crippen molar-refractivity contribution in [1.82, 2.24) is 0 Å². The van der Waals surface area contributed by atoms with Gasteiger partial charge in [-0.2, -0.15) is 5.26 Å². The Balaban J connectivity index is 2.02. The van der Waals surface area contributed by atoms with Crippen LogP contribution < -0.4 is 4.90 Å². The lowest BCUT2D eigenvalue weighted by Crippen LogP contribution is -2.31. The summed E-state index contributed by atoms with van der Waals surface area (Å²) in [5.74, 6) is -0.0633. The van der Waals surface area contributed by atoms with Gasteiger partial charge in [0.05, 0.1) is 17.3 Å². The van der Waals surface area contributed by atoms with Crippen molar-refractivity contribution in [2.24, 2.45) is 0 Å². The zero-order valence-electron chi connectivity index (χ0n) is 12.9. The molecule has 0 spiro atoms. The lowest BCUT2D eigenvalue weighted by atomic mass is 10.0. The number of benzene rings is 2. The molecular weight excluding hydrogens is 288 g/mol. The number of amides is 1. The fraction of sp³-hybridized carbons (Fsp3) is 0.211. The molecule has 1 amide bonds. The van der Waals surface area contributed by atoms with Crippen LogP contribution in [0.15, 0.2) is 42.5 Å². The van der Waals surface area contributed by atoms with Crippen LogP contribution in [0.3, 0.4) is 0 Å². The van der Waals surface area contributed by atoms with Crippen LogP contribution in [0, 0.1) is 18.3 Å². The first-order valence-electron chi connectivity index (χ1n) is 7.56. The molecule has 0 fully saturated rings. The number of rotatable bonds is 1. The summed E-state index contributed by atoms with van der Waals surface area (Å²) in [6.45, 7) is 2.33. The van der Waals surface area contributed by atoms with Gasteiger partial charge in [0, 0.05) is 24.1 Å². The largest absolute Gasteiger partial charge is 0.308 e. The number of hydrogen-bond donors (Lipinski definition) is 0. The summed E-state index contributed by atoms with van der Waals surface area (Å²) in [4.78, 5) is 26.7. The smallest absolute Gasteiger partial charge is 0.258 e. The first-order chi connectivity index (χ1) is 11.1. The van der Waals surface area contributed by atoms with Crippen LogP contribution >= 0.6 is 0 Å². The van der Waals surface area contributed by atoms with Crippen LogP contribution in [0.25, 0.3) is 0 Å². The van der Waals surface area contributed by atoms with Gasteiger partial charge in [-0.3, -0.25) is 9.59 Å². The molecule has 4 heteroatoms. The number of anilines is 1. The quantitative estimate of drug-likeness (QED) is 0.810. The van der Waals surface area contributed by atoms with Gasteiger partial charge in [0.15, 0.2) is 5.78 Å². The van der Waals surface area contributed by atoms with E-state index in [1.165, 1.54) is 0 Å². The molecule has 0 aromatic heterocycles. The van der Waals surface area contributed by atoms with Gasteiger partial charge in [-0.25, -0.2) is 0 Å². The van der Waals surface area contributed by atoms with E-state index in [-0.39, 0.29) is 11.7 Å². The minimum absolute atomic E-state index is 0.0758. The van der Waals surface area contributed by atoms with Gasteiger partial charge >= 0.3 is 0 Å². The minimum Gasteiger partial charge on any atom is -0.308 e. The molecule has 4 nitrogen and oxygen atoms in total. The van der Waals surface area contributed by atoms with E-state index in [1.807, 2.05) is 25.1 Å². The summed E-state index contributed by atoms with van der Waals surface area (Å²) in [6, 6.07) is 14.4. The fourth-order valence-electron chi connectivity index (χ4n) is 2.89. The highest BCUT2D eigenvalue weighted by atomic mass is 16.2. The highest BCUT2D eigenvalue weighted by Gasteiger charge is 2.25. The van der Waals surface area contributed by atoms with Crippen molar-refractivity contribution in [3.05, 3.63) is 64.7 Å². The van der Waals surface area contributed by atoms with Crippen molar-refractivity contribution in [3.8, 4) is 6.07 Å². The number of carbonyl (C=O) groups excluding carboxylic acids is 2. The average molecular weight is 304 g/mol. The van der Waals surface area contributed by atoms with Gasteiger partial charge in [0.1, 0.15) is 0 Å². The number of nitrogens with zero attached hydrogens (tertiary/aromatic N) is 2. The molecule has 0 bridgehead atoms. The predicted octanol–water partition coefficient (Wildman–Crippen LogP) is 3.49. The summed E-state index contributed by atoms with van der Waals surface area (Å²) in [6.07, 6.45) is 1.10. The topological polar surface area (TPSA) is 61.2 Å². The second kappa shape index (κ2) is 6.05. The van der Waals surface area contributed by atoms with E-state index < -0.39 is 0 Å². The summed E-state index contributed by atoms with van der Waals surface area (Å²) in [5, 5.41) is 9.01. The van der Waals surface area contributed by atoms with E-state index in [2.05, 4.69) is 6.07 Å². The van der Waals surface area contributed by atoms with Gasteiger partial charge in [0.25, 0.3) is 5.91 Å². The number of aryl methyl sites for hydroxylation is 1. The van der Waals surface area contributed by atoms with Crippen molar-refractivity contribution < 1.29 is 9.59 Å². The van der Waals surface area contributed by atoms with Crippen LogP contribution in [0.4, 0.5) is 5.69 Å². The maximum atomic E-state index is 12.9. The summed E-state index contributed by atoms with van der Waals surface area (Å²) in [7, 11) is 0. The average Bonchev–Trinajstić information content (AvgIpc) is 2.74. The second-order valence-corrected chi connectivity index (χ2v) is 5.64. The molecule has 1 heterocycles. The van der Waals surface area contributed by atoms with Crippen molar-refractivity contribution in [2.45, 2.75) is 19.8 Å². The highest BCUT2D eigenvalue weighted by Crippen LogP contribution is 2.27. The van der Waals surface area contributed by atoms with E-state index in [0.29, 0.717) is 41.8 Å². The van der Waals surface area contributed by atoms with E-state index in [4.69, 9.17) is 5.26 Å². The maximum absolute atomic E-state index is 12.9. The molecule has 0 saturated heterocycles. The van der Waals surface area contributed by atoms with Crippen LogP contribution in [-0.4, -0.2) is 18.2 Å². The first kappa shape index (κ1) is 15.0. The normalized spacial score (nSPS) is 13.9. The van der Waals surface area contributed by atoms with Gasteiger partial charge in [-0.15, -0.1) is 0 Å². The number of carbonyl (C=O) groups is 2. The molecule has 0 radical (unpaired) electrons. The van der Waals surface area contributed by atoms with Crippen molar-refractivity contribution in [1.29, 1.82) is 5.26 Å². The van der Waals surface area contributed by atoms with Crippen LogP contribution in [-0.2, 0) is 0 Å². The Labute approximate surface area is 135 Å². The number of fused-ring (bicyclic) bond motifs is 1. The molecule has 0 aliphatic carbocycles. The molecular formula is C19H16N2O2. The monoisotopic (exact) mass is 304 g/mol. The van der Waals surface area contributed by atoms with Crippen LogP contribution in [0.2, 0.25) is 0 Å². The molecule has 0 unspecified atom stereocenters. The fourth-order valence-corrected chi connectivity index (χ4v) is 2.89. The molecule has 1 aliphatic rings. The Morgan fingerprint density at radius 2 is 2.00 bits per heavy atom. The zero-order valence-corrected chi connectivity index (χ0v) is 12.9. The number of para-hydroxylation sites is 1. The third-order valence-electron chi connectivity index (χ3n) is 4.12. The summed E-state index contributed by atoms with van der Waals surface area (Å²) in [5.41, 5.74) is 3.14. The molecule has 0 N–H and O–H groups in total. The van der Waals surface area contributed by atoms with Crippen molar-refractivity contribution >= 4 is 17.4 Å². The van der Waals surface area contributed by atoms with Crippen LogP contribution in [0.5, 0.6) is 0 Å². The third-order valence-corrected chi connectivity index (χ3v) is 4.12. The summed E-state index contributed by atoms with van der Waals surface area (Å²) < 4.78 is 0. The molecule has 23 heavy (non-hydrogen) atoms. The standard InChI is InChI=1S/C19H16N2O2/c1-13-11-14(8-9-15(13)12-20)19(23)21-10-4-7-18(22)16-5-2-3-6-17(16)21/h2-3,5-6,8-9,11H,4,7,10H2,1H3. The lowest BCUT2D eigenvalue weighted by molar-refractivity contribution is 0.0973. The Bertz CT molecular complexity index is 834. The number of Topliss-reactive ketones (excluding diaryl/α,β-unsaturated/α-hetero) is 1. The molecule has 1 aliphatic heterocycles. The zero-order chi connectivity index (χ0) is 16.4. The van der Waals surface area contributed by atoms with Gasteiger partial charge in [0.2, 0.25) is 0 Å². The molecule has 3 rings (SSSR count). The van der Waals surface area contributed by atoms with Gasteiger partial charge in [-0.1, -0.05) is 12.1 Å². The molecule has 114 valence electrons. The van der Waals surface area contributed by atoms with E-state index >= 15 is 0 Å². The van der Waals surface area contributed by atoms with E-state index in [0.717, 1.165) is 5.56 Å². The van der Waals surface area contributed by atoms with Gasteiger partial charge < -0.3 is 4.90 Å². The molecule has 2 aromatic rings. The van der Waals surface area contributed by atoms with Crippen LogP contribution in [0.1, 0.15) is 44.7 Å². The van der Waals surface area contributed by atoms with Crippen molar-refractivity contribution in [3.63, 3.8) is 0 Å². The number of nitriles is 1. The lowest BCUT2D eigenvalue weighted by Gasteiger charge is -2.22. The third kappa shape index (κ3) is 2.74. The maximum Gasteiger partial charge on any atom is 0.258 e. The Morgan fingerprint density at radius 1 is 1.22 bits per heavy atom. The first-order valence-corrected chi connectivity index (χ1v) is 7.56. The number of hydrogen-bond acceptors (Lipinski definition) is 3. The molecule has 2 aromatic carbocycles. The number of ketones is 1. The van der Waals surface area contributed by atoms with Crippen molar-refractivity contribution in [2.75, 3.05) is 11.4 Å². The molecule has 0 atom stereocenters.